The van der Waals surface area contributed by atoms with E-state index >= 15 is 0 Å². The predicted molar refractivity (Wildman–Crippen MR) is 90.4 cm³/mol. The van der Waals surface area contributed by atoms with E-state index in [0.29, 0.717) is 6.04 Å². The summed E-state index contributed by atoms with van der Waals surface area (Å²) in [5.41, 5.74) is 2.64. The standard InChI is InChI=1S/C16H26BrN3/c1-4-18-12-13-5-6-16(15(17)11-13)20(3)14-7-9-19(2)10-8-14/h5-6,11,14,18H,4,7-10,12H2,1-3H3. The van der Waals surface area contributed by atoms with Crippen LogP contribution in [0.1, 0.15) is 25.3 Å². The first-order valence-corrected chi connectivity index (χ1v) is 8.31. The molecule has 0 bridgehead atoms. The van der Waals surface area contributed by atoms with Crippen LogP contribution in [0.3, 0.4) is 0 Å². The molecule has 1 fully saturated rings. The van der Waals surface area contributed by atoms with Gasteiger partial charge in [0.2, 0.25) is 0 Å². The maximum atomic E-state index is 3.74. The first-order chi connectivity index (χ1) is 9.61. The Morgan fingerprint density at radius 1 is 1.35 bits per heavy atom. The third-order valence-corrected chi connectivity index (χ3v) is 4.84. The lowest BCUT2D eigenvalue weighted by Crippen LogP contribution is -2.42. The van der Waals surface area contributed by atoms with Gasteiger partial charge in [0.05, 0.1) is 5.69 Å². The molecule has 0 spiro atoms. The van der Waals surface area contributed by atoms with Crippen LogP contribution in [0, 0.1) is 0 Å². The van der Waals surface area contributed by atoms with Crippen molar-refractivity contribution in [2.75, 3.05) is 38.6 Å². The molecule has 0 aromatic heterocycles. The molecular weight excluding hydrogens is 314 g/mol. The second kappa shape index (κ2) is 7.43. The molecule has 1 N–H and O–H groups in total. The van der Waals surface area contributed by atoms with Gasteiger partial charge >= 0.3 is 0 Å². The van der Waals surface area contributed by atoms with E-state index in [9.17, 15) is 0 Å². The van der Waals surface area contributed by atoms with Gasteiger partial charge < -0.3 is 15.1 Å². The van der Waals surface area contributed by atoms with Gasteiger partial charge in [-0.3, -0.25) is 0 Å². The molecule has 1 aliphatic rings. The van der Waals surface area contributed by atoms with Crippen molar-refractivity contribution in [2.45, 2.75) is 32.4 Å². The van der Waals surface area contributed by atoms with E-state index in [4.69, 9.17) is 0 Å². The van der Waals surface area contributed by atoms with Gasteiger partial charge in [0.15, 0.2) is 0 Å². The van der Waals surface area contributed by atoms with Crippen molar-refractivity contribution in [1.29, 1.82) is 0 Å². The molecule has 0 saturated carbocycles. The quantitative estimate of drug-likeness (QED) is 0.889. The van der Waals surface area contributed by atoms with E-state index < -0.39 is 0 Å². The molecule has 0 atom stereocenters. The van der Waals surface area contributed by atoms with E-state index in [1.807, 2.05) is 0 Å². The maximum absolute atomic E-state index is 3.74. The van der Waals surface area contributed by atoms with E-state index in [0.717, 1.165) is 13.1 Å². The summed E-state index contributed by atoms with van der Waals surface area (Å²) in [5.74, 6) is 0. The summed E-state index contributed by atoms with van der Waals surface area (Å²) in [6.45, 7) is 6.48. The largest absolute Gasteiger partial charge is 0.371 e. The molecule has 1 aliphatic heterocycles. The van der Waals surface area contributed by atoms with E-state index in [1.165, 1.54) is 41.7 Å². The van der Waals surface area contributed by atoms with Crippen molar-refractivity contribution in [3.8, 4) is 0 Å². The van der Waals surface area contributed by atoms with Gasteiger partial charge in [-0.05, 0) is 73.1 Å². The van der Waals surface area contributed by atoms with E-state index in [1.54, 1.807) is 0 Å². The minimum absolute atomic E-state index is 0.655. The summed E-state index contributed by atoms with van der Waals surface area (Å²) >= 11 is 3.74. The molecule has 2 rings (SSSR count). The Morgan fingerprint density at radius 3 is 2.65 bits per heavy atom. The number of anilines is 1. The van der Waals surface area contributed by atoms with Crippen LogP contribution in [0.4, 0.5) is 5.69 Å². The van der Waals surface area contributed by atoms with Crippen LogP contribution >= 0.6 is 15.9 Å². The molecule has 112 valence electrons. The molecule has 0 aliphatic carbocycles. The summed E-state index contributed by atoms with van der Waals surface area (Å²) in [6.07, 6.45) is 2.50. The molecule has 1 aromatic rings. The highest BCUT2D eigenvalue weighted by atomic mass is 79.9. The number of halogens is 1. The van der Waals surface area contributed by atoms with Gasteiger partial charge in [0.25, 0.3) is 0 Å². The third-order valence-electron chi connectivity index (χ3n) is 4.21. The summed E-state index contributed by atoms with van der Waals surface area (Å²) in [5, 5.41) is 3.37. The lowest BCUT2D eigenvalue weighted by Gasteiger charge is -2.36. The monoisotopic (exact) mass is 339 g/mol. The zero-order chi connectivity index (χ0) is 14.5. The Labute approximate surface area is 131 Å². The number of benzene rings is 1. The second-order valence-electron chi connectivity index (χ2n) is 5.71. The van der Waals surface area contributed by atoms with Crippen molar-refractivity contribution in [2.24, 2.45) is 0 Å². The maximum Gasteiger partial charge on any atom is 0.0510 e. The molecule has 1 saturated heterocycles. The van der Waals surface area contributed by atoms with E-state index in [2.05, 4.69) is 70.3 Å². The second-order valence-corrected chi connectivity index (χ2v) is 6.57. The van der Waals surface area contributed by atoms with Crippen molar-refractivity contribution >= 4 is 21.6 Å². The average Bonchev–Trinajstić information content (AvgIpc) is 2.45. The summed E-state index contributed by atoms with van der Waals surface area (Å²) in [7, 11) is 4.43. The molecule has 0 unspecified atom stereocenters. The Kier molecular flexibility index (Phi) is 5.87. The zero-order valence-electron chi connectivity index (χ0n) is 12.8. The van der Waals surface area contributed by atoms with Crippen molar-refractivity contribution < 1.29 is 0 Å². The lowest BCUT2D eigenvalue weighted by atomic mass is 10.0. The molecule has 1 heterocycles. The SMILES string of the molecule is CCNCc1ccc(N(C)C2CCN(C)CC2)c(Br)c1. The van der Waals surface area contributed by atoms with Crippen LogP contribution in [0.2, 0.25) is 0 Å². The van der Waals surface area contributed by atoms with Gasteiger partial charge in [-0.2, -0.15) is 0 Å². The van der Waals surface area contributed by atoms with E-state index in [-0.39, 0.29) is 0 Å². The highest BCUT2D eigenvalue weighted by molar-refractivity contribution is 9.10. The van der Waals surface area contributed by atoms with Gasteiger partial charge in [0, 0.05) is 24.1 Å². The number of likely N-dealkylation sites (tertiary alicyclic amines) is 1. The fraction of sp³-hybridized carbons (Fsp3) is 0.625. The molecule has 1 aromatic carbocycles. The van der Waals surface area contributed by atoms with Crippen molar-refractivity contribution in [3.05, 3.63) is 28.2 Å². The smallest absolute Gasteiger partial charge is 0.0510 e. The molecule has 0 amide bonds. The van der Waals surface area contributed by atoms with Gasteiger partial charge in [-0.1, -0.05) is 13.0 Å². The fourth-order valence-electron chi connectivity index (χ4n) is 2.79. The predicted octanol–water partition coefficient (Wildman–Crippen LogP) is 3.09. The average molecular weight is 340 g/mol. The highest BCUT2D eigenvalue weighted by Gasteiger charge is 2.21. The number of rotatable bonds is 5. The summed E-state index contributed by atoms with van der Waals surface area (Å²) < 4.78 is 1.20. The normalized spacial score (nSPS) is 17.4. The Bertz CT molecular complexity index is 428. The van der Waals surface area contributed by atoms with Gasteiger partial charge in [0.1, 0.15) is 0 Å². The fourth-order valence-corrected chi connectivity index (χ4v) is 3.50. The number of nitrogens with zero attached hydrogens (tertiary/aromatic N) is 2. The summed E-state index contributed by atoms with van der Waals surface area (Å²) in [6, 6.07) is 7.37. The minimum Gasteiger partial charge on any atom is -0.371 e. The zero-order valence-corrected chi connectivity index (χ0v) is 14.4. The number of nitrogens with one attached hydrogen (secondary N) is 1. The van der Waals surface area contributed by atoms with Crippen LogP contribution < -0.4 is 10.2 Å². The molecule has 3 nitrogen and oxygen atoms in total. The number of hydrogen-bond donors (Lipinski definition) is 1. The Balaban J connectivity index is 2.04. The third kappa shape index (κ3) is 3.96. The number of hydrogen-bond acceptors (Lipinski definition) is 3. The van der Waals surface area contributed by atoms with Crippen LogP contribution in [-0.2, 0) is 6.54 Å². The van der Waals surface area contributed by atoms with Gasteiger partial charge in [-0.15, -0.1) is 0 Å². The van der Waals surface area contributed by atoms with Crippen molar-refractivity contribution in [3.63, 3.8) is 0 Å². The number of piperidine rings is 1. The molecular formula is C16H26BrN3. The van der Waals surface area contributed by atoms with Crippen LogP contribution in [0.15, 0.2) is 22.7 Å². The van der Waals surface area contributed by atoms with Crippen LogP contribution in [0.5, 0.6) is 0 Å². The Morgan fingerprint density at radius 2 is 2.05 bits per heavy atom. The molecule has 0 radical (unpaired) electrons. The minimum atomic E-state index is 0.655. The first-order valence-electron chi connectivity index (χ1n) is 7.52. The van der Waals surface area contributed by atoms with Crippen LogP contribution in [-0.4, -0.2) is 44.7 Å². The topological polar surface area (TPSA) is 18.5 Å². The summed E-state index contributed by atoms with van der Waals surface area (Å²) in [4.78, 5) is 4.85. The molecule has 20 heavy (non-hydrogen) atoms. The van der Waals surface area contributed by atoms with Crippen LogP contribution in [0.25, 0.3) is 0 Å². The Hall–Kier alpha value is -0.580. The first kappa shape index (κ1) is 15.8. The van der Waals surface area contributed by atoms with Gasteiger partial charge in [-0.25, -0.2) is 0 Å². The lowest BCUT2D eigenvalue weighted by molar-refractivity contribution is 0.253. The van der Waals surface area contributed by atoms with Crippen molar-refractivity contribution in [1.82, 2.24) is 10.2 Å². The highest BCUT2D eigenvalue weighted by Crippen LogP contribution is 2.30. The molecule has 4 heteroatoms.